The van der Waals surface area contributed by atoms with Crippen LogP contribution in [0, 0.1) is 5.92 Å². The van der Waals surface area contributed by atoms with Gasteiger partial charge in [-0.3, -0.25) is 4.79 Å². The second-order valence-corrected chi connectivity index (χ2v) is 6.95. The molecule has 0 N–H and O–H groups in total. The van der Waals surface area contributed by atoms with Crippen molar-refractivity contribution in [2.24, 2.45) is 5.92 Å². The lowest BCUT2D eigenvalue weighted by Crippen LogP contribution is -2.47. The number of rotatable bonds is 3. The molecule has 0 aromatic heterocycles. The number of likely N-dealkylation sites (tertiary alicyclic amines) is 3. The lowest BCUT2D eigenvalue weighted by atomic mass is 9.95. The van der Waals surface area contributed by atoms with Gasteiger partial charge in [0.1, 0.15) is 0 Å². The fraction of sp³-hybridized carbons (Fsp3) is 0.938. The second kappa shape index (κ2) is 6.44. The van der Waals surface area contributed by atoms with Crippen molar-refractivity contribution in [1.29, 1.82) is 0 Å². The van der Waals surface area contributed by atoms with Crippen molar-refractivity contribution in [3.8, 4) is 0 Å². The first-order valence-corrected chi connectivity index (χ1v) is 8.43. The molecule has 3 fully saturated rings. The lowest BCUT2D eigenvalue weighted by Gasteiger charge is -2.39. The third-order valence-corrected chi connectivity index (χ3v) is 5.45. The Morgan fingerprint density at radius 3 is 2.40 bits per heavy atom. The SMILES string of the molecule is CN1CC(CN2CCC(N3CCCC3)CC2)CCC1=O. The molecule has 1 atom stereocenters. The zero-order chi connectivity index (χ0) is 13.9. The molecular weight excluding hydrogens is 250 g/mol. The van der Waals surface area contributed by atoms with Gasteiger partial charge >= 0.3 is 0 Å². The van der Waals surface area contributed by atoms with Gasteiger partial charge in [0, 0.05) is 32.6 Å². The molecule has 1 amide bonds. The molecule has 3 heterocycles. The van der Waals surface area contributed by atoms with Gasteiger partial charge < -0.3 is 14.7 Å². The van der Waals surface area contributed by atoms with Gasteiger partial charge in [-0.05, 0) is 64.2 Å². The van der Waals surface area contributed by atoms with Gasteiger partial charge in [-0.1, -0.05) is 0 Å². The molecular formula is C16H29N3O. The molecule has 0 bridgehead atoms. The molecule has 1 unspecified atom stereocenters. The topological polar surface area (TPSA) is 26.8 Å². The molecule has 4 heteroatoms. The minimum Gasteiger partial charge on any atom is -0.345 e. The van der Waals surface area contributed by atoms with Crippen LogP contribution in [-0.2, 0) is 4.79 Å². The van der Waals surface area contributed by atoms with Crippen molar-refractivity contribution in [3.05, 3.63) is 0 Å². The summed E-state index contributed by atoms with van der Waals surface area (Å²) in [6.07, 6.45) is 7.36. The van der Waals surface area contributed by atoms with Crippen molar-refractivity contribution in [2.45, 2.75) is 44.6 Å². The fourth-order valence-corrected chi connectivity index (χ4v) is 4.19. The first-order chi connectivity index (χ1) is 9.72. The summed E-state index contributed by atoms with van der Waals surface area (Å²) in [5.41, 5.74) is 0. The van der Waals surface area contributed by atoms with Crippen LogP contribution in [0.5, 0.6) is 0 Å². The highest BCUT2D eigenvalue weighted by atomic mass is 16.2. The Balaban J connectivity index is 1.41. The summed E-state index contributed by atoms with van der Waals surface area (Å²) in [5.74, 6) is 1.02. The Kier molecular flexibility index (Phi) is 4.61. The van der Waals surface area contributed by atoms with E-state index in [0.29, 0.717) is 11.8 Å². The minimum absolute atomic E-state index is 0.328. The zero-order valence-electron chi connectivity index (χ0n) is 12.9. The average Bonchev–Trinajstić information content (AvgIpc) is 2.98. The van der Waals surface area contributed by atoms with Gasteiger partial charge in [-0.15, -0.1) is 0 Å². The van der Waals surface area contributed by atoms with Crippen molar-refractivity contribution >= 4 is 5.91 Å². The maximum atomic E-state index is 11.5. The summed E-state index contributed by atoms with van der Waals surface area (Å²) in [5, 5.41) is 0. The molecule has 114 valence electrons. The fourth-order valence-electron chi connectivity index (χ4n) is 4.19. The Labute approximate surface area is 123 Å². The third kappa shape index (κ3) is 3.34. The summed E-state index contributed by atoms with van der Waals surface area (Å²) < 4.78 is 0. The van der Waals surface area contributed by atoms with E-state index in [4.69, 9.17) is 0 Å². The highest BCUT2D eigenvalue weighted by Crippen LogP contribution is 2.23. The Bertz CT molecular complexity index is 333. The van der Waals surface area contributed by atoms with E-state index in [0.717, 1.165) is 25.4 Å². The molecule has 0 aromatic carbocycles. The van der Waals surface area contributed by atoms with Crippen molar-refractivity contribution in [3.63, 3.8) is 0 Å². The van der Waals surface area contributed by atoms with Crippen molar-refractivity contribution in [2.75, 3.05) is 46.3 Å². The van der Waals surface area contributed by atoms with E-state index in [2.05, 4.69) is 9.80 Å². The summed E-state index contributed by atoms with van der Waals surface area (Å²) in [6, 6.07) is 0.851. The predicted molar refractivity (Wildman–Crippen MR) is 80.6 cm³/mol. The summed E-state index contributed by atoms with van der Waals surface area (Å²) in [4.78, 5) is 18.8. The number of carbonyl (C=O) groups excluding carboxylic acids is 1. The van der Waals surface area contributed by atoms with Gasteiger partial charge in [0.05, 0.1) is 0 Å². The van der Waals surface area contributed by atoms with Gasteiger partial charge in [0.25, 0.3) is 0 Å². The van der Waals surface area contributed by atoms with E-state index in [1.54, 1.807) is 0 Å². The normalized spacial score (nSPS) is 31.1. The number of amides is 1. The monoisotopic (exact) mass is 279 g/mol. The van der Waals surface area contributed by atoms with E-state index in [1.165, 1.54) is 58.4 Å². The maximum absolute atomic E-state index is 11.5. The number of hydrogen-bond acceptors (Lipinski definition) is 3. The molecule has 0 aliphatic carbocycles. The van der Waals surface area contributed by atoms with E-state index < -0.39 is 0 Å². The molecule has 3 aliphatic heterocycles. The standard InChI is InChI=1S/C16H29N3O/c1-17-12-14(4-5-16(17)20)13-18-10-6-15(7-11-18)19-8-2-3-9-19/h14-15H,2-13H2,1H3. The minimum atomic E-state index is 0.328. The molecule has 0 spiro atoms. The highest BCUT2D eigenvalue weighted by Gasteiger charge is 2.29. The molecule has 0 radical (unpaired) electrons. The quantitative estimate of drug-likeness (QED) is 0.781. The summed E-state index contributed by atoms with van der Waals surface area (Å²) >= 11 is 0. The first-order valence-electron chi connectivity index (χ1n) is 8.43. The van der Waals surface area contributed by atoms with Crippen LogP contribution in [0.1, 0.15) is 38.5 Å². The molecule has 3 saturated heterocycles. The van der Waals surface area contributed by atoms with Crippen LogP contribution in [0.2, 0.25) is 0 Å². The average molecular weight is 279 g/mol. The van der Waals surface area contributed by atoms with Crippen LogP contribution in [0.25, 0.3) is 0 Å². The number of piperidine rings is 2. The van der Waals surface area contributed by atoms with Crippen LogP contribution >= 0.6 is 0 Å². The van der Waals surface area contributed by atoms with Crippen LogP contribution in [0.4, 0.5) is 0 Å². The van der Waals surface area contributed by atoms with Crippen LogP contribution < -0.4 is 0 Å². The summed E-state index contributed by atoms with van der Waals surface area (Å²) in [7, 11) is 1.95. The molecule has 0 aromatic rings. The van der Waals surface area contributed by atoms with Gasteiger partial charge in [0.2, 0.25) is 5.91 Å². The van der Waals surface area contributed by atoms with E-state index >= 15 is 0 Å². The third-order valence-electron chi connectivity index (χ3n) is 5.45. The molecule has 4 nitrogen and oxygen atoms in total. The smallest absolute Gasteiger partial charge is 0.222 e. The van der Waals surface area contributed by atoms with Crippen LogP contribution in [0.15, 0.2) is 0 Å². The van der Waals surface area contributed by atoms with Crippen molar-refractivity contribution in [1.82, 2.24) is 14.7 Å². The van der Waals surface area contributed by atoms with Gasteiger partial charge in [-0.25, -0.2) is 0 Å². The van der Waals surface area contributed by atoms with Crippen LogP contribution in [0.3, 0.4) is 0 Å². The zero-order valence-corrected chi connectivity index (χ0v) is 12.9. The number of carbonyl (C=O) groups is 1. The number of nitrogens with zero attached hydrogens (tertiary/aromatic N) is 3. The lowest BCUT2D eigenvalue weighted by molar-refractivity contribution is -0.133. The van der Waals surface area contributed by atoms with Gasteiger partial charge in [-0.2, -0.15) is 0 Å². The first kappa shape index (κ1) is 14.3. The van der Waals surface area contributed by atoms with E-state index in [-0.39, 0.29) is 0 Å². The van der Waals surface area contributed by atoms with Gasteiger partial charge in [0.15, 0.2) is 0 Å². The van der Waals surface area contributed by atoms with Crippen LogP contribution in [-0.4, -0.2) is 73.0 Å². The van der Waals surface area contributed by atoms with Crippen molar-refractivity contribution < 1.29 is 4.79 Å². The molecule has 3 aliphatic rings. The Morgan fingerprint density at radius 2 is 1.75 bits per heavy atom. The Morgan fingerprint density at radius 1 is 1.05 bits per heavy atom. The second-order valence-electron chi connectivity index (χ2n) is 6.95. The molecule has 20 heavy (non-hydrogen) atoms. The maximum Gasteiger partial charge on any atom is 0.222 e. The molecule has 0 saturated carbocycles. The molecule has 3 rings (SSSR count). The Hall–Kier alpha value is -0.610. The predicted octanol–water partition coefficient (Wildman–Crippen LogP) is 1.41. The largest absolute Gasteiger partial charge is 0.345 e. The summed E-state index contributed by atoms with van der Waals surface area (Å²) in [6.45, 7) is 7.35. The van der Waals surface area contributed by atoms with E-state index in [1.807, 2.05) is 11.9 Å². The highest BCUT2D eigenvalue weighted by molar-refractivity contribution is 5.76. The van der Waals surface area contributed by atoms with E-state index in [9.17, 15) is 4.79 Å². The number of hydrogen-bond donors (Lipinski definition) is 0.